The lowest BCUT2D eigenvalue weighted by Crippen LogP contribution is -2.16. The van der Waals surface area contributed by atoms with Crippen molar-refractivity contribution in [1.29, 1.82) is 0 Å². The van der Waals surface area contributed by atoms with Crippen molar-refractivity contribution in [2.45, 2.75) is 45.1 Å². The molecule has 0 radical (unpaired) electrons. The summed E-state index contributed by atoms with van der Waals surface area (Å²) < 4.78 is 10.9. The second kappa shape index (κ2) is 5.03. The van der Waals surface area contributed by atoms with Crippen LogP contribution < -0.4 is 4.90 Å². The number of anilines is 1. The van der Waals surface area contributed by atoms with Crippen LogP contribution in [0.1, 0.15) is 49.4 Å². The average molecular weight is 262 g/mol. The van der Waals surface area contributed by atoms with Gasteiger partial charge < -0.3 is 13.8 Å². The molecule has 2 aromatic heterocycles. The molecule has 0 aromatic carbocycles. The Hall–Kier alpha value is -1.85. The number of hydrogen-bond donors (Lipinski definition) is 0. The summed E-state index contributed by atoms with van der Waals surface area (Å²) in [6, 6.07) is 2.55. The highest BCUT2D eigenvalue weighted by Gasteiger charge is 2.28. The van der Waals surface area contributed by atoms with E-state index in [4.69, 9.17) is 8.94 Å². The minimum atomic E-state index is 0.527. The predicted octanol–water partition coefficient (Wildman–Crippen LogP) is 2.52. The van der Waals surface area contributed by atoms with Crippen molar-refractivity contribution in [2.75, 3.05) is 11.9 Å². The summed E-state index contributed by atoms with van der Waals surface area (Å²) in [6.45, 7) is 2.70. The molecule has 0 unspecified atom stereocenters. The van der Waals surface area contributed by atoms with E-state index in [1.165, 1.54) is 12.8 Å². The second-order valence-electron chi connectivity index (χ2n) is 5.08. The Balaban J connectivity index is 1.63. The van der Waals surface area contributed by atoms with Crippen LogP contribution in [-0.2, 0) is 13.0 Å². The number of aromatic nitrogens is 3. The van der Waals surface area contributed by atoms with Crippen LogP contribution in [0.15, 0.2) is 15.0 Å². The first kappa shape index (κ1) is 12.2. The Bertz CT molecular complexity index is 544. The Kier molecular flexibility index (Phi) is 3.23. The van der Waals surface area contributed by atoms with Gasteiger partial charge >= 0.3 is 6.01 Å². The molecular weight excluding hydrogens is 244 g/mol. The molecule has 6 heteroatoms. The van der Waals surface area contributed by atoms with Gasteiger partial charge in [-0.3, -0.25) is 0 Å². The van der Waals surface area contributed by atoms with Gasteiger partial charge in [0, 0.05) is 25.5 Å². The van der Waals surface area contributed by atoms with Gasteiger partial charge in [-0.1, -0.05) is 17.2 Å². The van der Waals surface area contributed by atoms with Crippen molar-refractivity contribution in [3.05, 3.63) is 23.4 Å². The Morgan fingerprint density at radius 2 is 2.21 bits per heavy atom. The standard InChI is InChI=1S/C13H18N4O2/c1-3-4-12-14-15-13(18-12)17(2)8-10-7-11(19-16-10)9-5-6-9/h7,9H,3-6,8H2,1-2H3. The molecule has 1 aliphatic carbocycles. The maximum absolute atomic E-state index is 5.57. The van der Waals surface area contributed by atoms with Gasteiger partial charge in [-0.2, -0.15) is 0 Å². The fraction of sp³-hybridized carbons (Fsp3) is 0.615. The average Bonchev–Trinajstić information content (AvgIpc) is 2.96. The van der Waals surface area contributed by atoms with Gasteiger partial charge in [-0.25, -0.2) is 0 Å². The summed E-state index contributed by atoms with van der Waals surface area (Å²) >= 11 is 0. The number of hydrogen-bond acceptors (Lipinski definition) is 6. The van der Waals surface area contributed by atoms with Gasteiger partial charge in [0.15, 0.2) is 0 Å². The predicted molar refractivity (Wildman–Crippen MR) is 68.9 cm³/mol. The Morgan fingerprint density at radius 3 is 2.95 bits per heavy atom. The molecular formula is C13H18N4O2. The molecule has 3 rings (SSSR count). The van der Waals surface area contributed by atoms with Crippen molar-refractivity contribution in [3.8, 4) is 0 Å². The molecule has 0 N–H and O–H groups in total. The van der Waals surface area contributed by atoms with E-state index in [1.54, 1.807) is 0 Å². The second-order valence-corrected chi connectivity index (χ2v) is 5.08. The molecule has 19 heavy (non-hydrogen) atoms. The maximum atomic E-state index is 5.57. The molecule has 6 nitrogen and oxygen atoms in total. The van der Waals surface area contributed by atoms with E-state index < -0.39 is 0 Å². The van der Waals surface area contributed by atoms with Crippen LogP contribution in [0.25, 0.3) is 0 Å². The van der Waals surface area contributed by atoms with E-state index in [-0.39, 0.29) is 0 Å². The number of aryl methyl sites for hydroxylation is 1. The largest absolute Gasteiger partial charge is 0.408 e. The normalized spacial score (nSPS) is 14.8. The van der Waals surface area contributed by atoms with Crippen LogP contribution in [0, 0.1) is 0 Å². The summed E-state index contributed by atoms with van der Waals surface area (Å²) in [4.78, 5) is 1.89. The van der Waals surface area contributed by atoms with E-state index >= 15 is 0 Å². The molecule has 102 valence electrons. The van der Waals surface area contributed by atoms with Crippen LogP contribution in [0.3, 0.4) is 0 Å². The monoisotopic (exact) mass is 262 g/mol. The van der Waals surface area contributed by atoms with Gasteiger partial charge in [-0.05, 0) is 19.3 Å². The molecule has 0 saturated heterocycles. The molecule has 1 saturated carbocycles. The van der Waals surface area contributed by atoms with E-state index in [9.17, 15) is 0 Å². The smallest absolute Gasteiger partial charge is 0.318 e. The highest BCUT2D eigenvalue weighted by molar-refractivity contribution is 5.25. The van der Waals surface area contributed by atoms with E-state index in [2.05, 4.69) is 22.3 Å². The van der Waals surface area contributed by atoms with Crippen LogP contribution in [0.2, 0.25) is 0 Å². The topological polar surface area (TPSA) is 68.2 Å². The van der Waals surface area contributed by atoms with Gasteiger partial charge in [0.25, 0.3) is 0 Å². The molecule has 0 bridgehead atoms. The fourth-order valence-corrected chi connectivity index (χ4v) is 1.99. The Morgan fingerprint density at radius 1 is 1.37 bits per heavy atom. The zero-order chi connectivity index (χ0) is 13.2. The third kappa shape index (κ3) is 2.77. The van der Waals surface area contributed by atoms with Crippen molar-refractivity contribution < 1.29 is 8.94 Å². The number of nitrogens with zero attached hydrogens (tertiary/aromatic N) is 4. The van der Waals surface area contributed by atoms with Gasteiger partial charge in [0.1, 0.15) is 11.5 Å². The Labute approximate surface area is 111 Å². The highest BCUT2D eigenvalue weighted by Crippen LogP contribution is 2.40. The minimum absolute atomic E-state index is 0.527. The molecule has 1 fully saturated rings. The van der Waals surface area contributed by atoms with Crippen LogP contribution in [0.5, 0.6) is 0 Å². The van der Waals surface area contributed by atoms with E-state index in [1.807, 2.05) is 18.0 Å². The molecule has 1 aliphatic rings. The third-order valence-corrected chi connectivity index (χ3v) is 3.20. The highest BCUT2D eigenvalue weighted by atomic mass is 16.5. The van der Waals surface area contributed by atoms with Gasteiger partial charge in [0.2, 0.25) is 5.89 Å². The molecule has 0 amide bonds. The molecule has 0 atom stereocenters. The molecule has 2 heterocycles. The van der Waals surface area contributed by atoms with E-state index in [0.717, 1.165) is 24.3 Å². The molecule has 0 spiro atoms. The summed E-state index contributed by atoms with van der Waals surface area (Å²) in [7, 11) is 1.91. The fourth-order valence-electron chi connectivity index (χ4n) is 1.99. The summed E-state index contributed by atoms with van der Waals surface area (Å²) in [6.07, 6.45) is 4.25. The quantitative estimate of drug-likeness (QED) is 0.796. The van der Waals surface area contributed by atoms with E-state index in [0.29, 0.717) is 24.4 Å². The minimum Gasteiger partial charge on any atom is -0.408 e. The number of rotatable bonds is 6. The van der Waals surface area contributed by atoms with Gasteiger partial charge in [-0.15, -0.1) is 5.10 Å². The first-order chi connectivity index (χ1) is 9.26. The lowest BCUT2D eigenvalue weighted by atomic mass is 10.3. The summed E-state index contributed by atoms with van der Waals surface area (Å²) in [5.74, 6) is 2.27. The van der Waals surface area contributed by atoms with Crippen molar-refractivity contribution >= 4 is 6.01 Å². The van der Waals surface area contributed by atoms with Crippen LogP contribution >= 0.6 is 0 Å². The summed E-state index contributed by atoms with van der Waals surface area (Å²) in [5, 5.41) is 12.1. The van der Waals surface area contributed by atoms with Crippen molar-refractivity contribution in [2.24, 2.45) is 0 Å². The van der Waals surface area contributed by atoms with Crippen molar-refractivity contribution in [1.82, 2.24) is 15.4 Å². The maximum Gasteiger partial charge on any atom is 0.318 e. The zero-order valence-corrected chi connectivity index (χ0v) is 11.3. The lowest BCUT2D eigenvalue weighted by molar-refractivity contribution is 0.377. The van der Waals surface area contributed by atoms with Crippen LogP contribution in [0.4, 0.5) is 6.01 Å². The van der Waals surface area contributed by atoms with Crippen LogP contribution in [-0.4, -0.2) is 22.4 Å². The zero-order valence-electron chi connectivity index (χ0n) is 11.3. The summed E-state index contributed by atoms with van der Waals surface area (Å²) in [5.41, 5.74) is 0.902. The lowest BCUT2D eigenvalue weighted by Gasteiger charge is -2.10. The third-order valence-electron chi connectivity index (χ3n) is 3.20. The van der Waals surface area contributed by atoms with Gasteiger partial charge in [0.05, 0.1) is 6.54 Å². The first-order valence-corrected chi connectivity index (χ1v) is 6.75. The molecule has 0 aliphatic heterocycles. The first-order valence-electron chi connectivity index (χ1n) is 6.75. The molecule has 2 aromatic rings. The van der Waals surface area contributed by atoms with Crippen molar-refractivity contribution in [3.63, 3.8) is 0 Å². The SMILES string of the molecule is CCCc1nnc(N(C)Cc2cc(C3CC3)on2)o1.